The number of carbonyl (C=O) groups is 2. The topological polar surface area (TPSA) is 114 Å². The molecule has 0 aromatic rings. The SMILES string of the molecule is CC/C=C\C/C=C\C/C=C\C/C=C\C/C=C\CCCCCCCCCCCCCC(=O)NC(COP(=O)([O-])OCC[N+](C)(C)C)C(/C=C\CCCCCCCCCCCCC)OC(=O)CCCCC/C=C\C/C=C\C/C=C\C/C=C\C/C=C\CC. The number of phosphoric ester groups is 1. The highest BCUT2D eigenvalue weighted by Crippen LogP contribution is 2.38. The maximum atomic E-state index is 13.6. The minimum Gasteiger partial charge on any atom is -0.756 e. The zero-order valence-corrected chi connectivity index (χ0v) is 56.4. The highest BCUT2D eigenvalue weighted by atomic mass is 31.2. The van der Waals surface area contributed by atoms with Gasteiger partial charge in [0.15, 0.2) is 0 Å². The third kappa shape index (κ3) is 64.5. The van der Waals surface area contributed by atoms with Crippen molar-refractivity contribution in [3.05, 3.63) is 134 Å². The Morgan fingerprint density at radius 2 is 0.753 bits per heavy atom. The van der Waals surface area contributed by atoms with Crippen LogP contribution in [-0.4, -0.2) is 69.4 Å². The normalized spacial score (nSPS) is 14.4. The van der Waals surface area contributed by atoms with Crippen LogP contribution < -0.4 is 10.2 Å². The van der Waals surface area contributed by atoms with E-state index in [1.807, 2.05) is 33.3 Å². The fourth-order valence-electron chi connectivity index (χ4n) is 9.34. The van der Waals surface area contributed by atoms with Crippen LogP contribution in [0, 0.1) is 0 Å². The van der Waals surface area contributed by atoms with Crippen LogP contribution in [0.3, 0.4) is 0 Å². The molecule has 0 aliphatic carbocycles. The molecule has 0 spiro atoms. The van der Waals surface area contributed by atoms with Gasteiger partial charge in [-0.15, -0.1) is 0 Å². The van der Waals surface area contributed by atoms with Gasteiger partial charge in [-0.2, -0.15) is 0 Å². The molecule has 85 heavy (non-hydrogen) atoms. The Hall–Kier alpha value is -3.85. The highest BCUT2D eigenvalue weighted by molar-refractivity contribution is 7.45. The smallest absolute Gasteiger partial charge is 0.306 e. The molecule has 0 radical (unpaired) electrons. The third-order valence-corrected chi connectivity index (χ3v) is 15.5. The number of phosphoric acid groups is 1. The van der Waals surface area contributed by atoms with Crippen molar-refractivity contribution in [3.8, 4) is 0 Å². The molecular weight excluding hydrogens is 1070 g/mol. The lowest BCUT2D eigenvalue weighted by atomic mass is 10.0. The number of esters is 1. The number of allylic oxidation sites excluding steroid dienone is 21. The van der Waals surface area contributed by atoms with Gasteiger partial charge in [-0.25, -0.2) is 0 Å². The van der Waals surface area contributed by atoms with Gasteiger partial charge in [0, 0.05) is 12.8 Å². The number of nitrogens with zero attached hydrogens (tertiary/aromatic N) is 1. The number of amides is 1. The van der Waals surface area contributed by atoms with Crippen LogP contribution >= 0.6 is 7.82 Å². The first-order chi connectivity index (χ1) is 41.4. The van der Waals surface area contributed by atoms with E-state index < -0.39 is 26.6 Å². The third-order valence-electron chi connectivity index (χ3n) is 14.6. The number of unbranched alkanes of at least 4 members (excludes halogenated alkanes) is 25. The van der Waals surface area contributed by atoms with Crippen molar-refractivity contribution < 1.29 is 37.3 Å². The molecule has 0 bridgehead atoms. The number of likely N-dealkylation sites (N-methyl/N-ethyl adjacent to an activating group) is 1. The molecule has 10 heteroatoms. The van der Waals surface area contributed by atoms with E-state index in [1.165, 1.54) is 103 Å². The monoisotopic (exact) mass is 1200 g/mol. The second kappa shape index (κ2) is 63.2. The predicted molar refractivity (Wildman–Crippen MR) is 366 cm³/mol. The number of carbonyl (C=O) groups excluding carboxylic acids is 2. The Kier molecular flexibility index (Phi) is 60.3. The number of hydrogen-bond acceptors (Lipinski definition) is 7. The first-order valence-electron chi connectivity index (χ1n) is 34.5. The lowest BCUT2D eigenvalue weighted by molar-refractivity contribution is -0.870. The number of rotatable bonds is 61. The molecule has 0 aliphatic rings. The molecule has 3 unspecified atom stereocenters. The van der Waals surface area contributed by atoms with Gasteiger partial charge >= 0.3 is 5.97 Å². The molecule has 486 valence electrons. The fourth-order valence-corrected chi connectivity index (χ4v) is 10.1. The molecule has 0 aliphatic heterocycles. The maximum Gasteiger partial charge on any atom is 0.306 e. The second-order valence-electron chi connectivity index (χ2n) is 23.9. The van der Waals surface area contributed by atoms with Gasteiger partial charge in [0.05, 0.1) is 33.8 Å². The van der Waals surface area contributed by atoms with Crippen molar-refractivity contribution in [2.45, 2.75) is 290 Å². The lowest BCUT2D eigenvalue weighted by Gasteiger charge is -2.30. The molecule has 1 N–H and O–H groups in total. The lowest BCUT2D eigenvalue weighted by Crippen LogP contribution is -2.47. The van der Waals surface area contributed by atoms with Crippen LogP contribution in [0.5, 0.6) is 0 Å². The van der Waals surface area contributed by atoms with E-state index in [9.17, 15) is 19.0 Å². The van der Waals surface area contributed by atoms with Crippen molar-refractivity contribution in [1.82, 2.24) is 5.32 Å². The molecule has 9 nitrogen and oxygen atoms in total. The largest absolute Gasteiger partial charge is 0.756 e. The summed E-state index contributed by atoms with van der Waals surface area (Å²) in [5.41, 5.74) is 0. The molecule has 0 fully saturated rings. The molecule has 1 amide bonds. The van der Waals surface area contributed by atoms with Crippen molar-refractivity contribution in [2.75, 3.05) is 40.9 Å². The molecule has 0 heterocycles. The summed E-state index contributed by atoms with van der Waals surface area (Å²) in [4.78, 5) is 40.2. The summed E-state index contributed by atoms with van der Waals surface area (Å²) in [6.45, 7) is 6.59. The molecule has 0 saturated carbocycles. The second-order valence-corrected chi connectivity index (χ2v) is 25.3. The van der Waals surface area contributed by atoms with Gasteiger partial charge in [-0.05, 0) is 122 Å². The van der Waals surface area contributed by atoms with E-state index in [4.69, 9.17) is 13.8 Å². The fraction of sp³-hybridized carbons (Fsp3) is 0.680. The molecule has 3 atom stereocenters. The number of nitrogens with one attached hydrogen (secondary N) is 1. The zero-order valence-electron chi connectivity index (χ0n) is 55.5. The minimum absolute atomic E-state index is 0.0351. The molecule has 0 aromatic heterocycles. The first kappa shape index (κ1) is 81.2. The summed E-state index contributed by atoms with van der Waals surface area (Å²) in [5.74, 6) is -0.586. The van der Waals surface area contributed by atoms with E-state index >= 15 is 0 Å². The Balaban J connectivity index is 5.18. The Bertz CT molecular complexity index is 1920. The highest BCUT2D eigenvalue weighted by Gasteiger charge is 2.27. The van der Waals surface area contributed by atoms with E-state index in [2.05, 4.69) is 148 Å². The van der Waals surface area contributed by atoms with Gasteiger partial charge in [-0.1, -0.05) is 277 Å². The van der Waals surface area contributed by atoms with Crippen LogP contribution in [0.1, 0.15) is 278 Å². The van der Waals surface area contributed by atoms with Crippen LogP contribution in [-0.2, 0) is 27.9 Å². The first-order valence-corrected chi connectivity index (χ1v) is 36.0. The number of hydrogen-bond donors (Lipinski definition) is 1. The molecular formula is C75H129N2O7P. The van der Waals surface area contributed by atoms with Crippen LogP contribution in [0.25, 0.3) is 0 Å². The van der Waals surface area contributed by atoms with Crippen molar-refractivity contribution >= 4 is 19.7 Å². The summed E-state index contributed by atoms with van der Waals surface area (Å²) in [5, 5.41) is 3.03. The van der Waals surface area contributed by atoms with Crippen molar-refractivity contribution in [1.29, 1.82) is 0 Å². The summed E-state index contributed by atoms with van der Waals surface area (Å²) in [6, 6.07) is -0.914. The van der Waals surface area contributed by atoms with Crippen molar-refractivity contribution in [2.24, 2.45) is 0 Å². The standard InChI is InChI=1S/C75H129N2O7P/c1-7-10-13-16-19-22-25-28-30-32-34-35-36-37-38-39-40-41-43-44-46-49-52-55-58-61-64-67-74(78)76-72(71-83-85(80,81)82-70-69-77(4,5)6)73(66-63-60-57-54-51-48-27-24-21-18-15-12-9-3)84-75(79)68-65-62-59-56-53-50-47-45-42-33-31-29-26-23-20-17-14-11-8-2/h10-11,13-14,19-20,22-23,28-31,34-35,37-38,42,45,50,53,63,66,72-73H,7-9,12,15-18,21,24-27,32-33,36,39-41,43-44,46-49,51-52,54-62,64-65,67-71H2,1-6H3,(H-,76,78,80,81)/b13-10-,14-11-,22-19-,23-20-,30-28-,31-29-,35-34-,38-37-,45-42-,53-50-,66-63-. The predicted octanol–water partition coefficient (Wildman–Crippen LogP) is 21.4. The number of ether oxygens (including phenoxy) is 1. The van der Waals surface area contributed by atoms with Crippen molar-refractivity contribution in [3.63, 3.8) is 0 Å². The molecule has 0 saturated heterocycles. The molecule has 0 rings (SSSR count). The van der Waals surface area contributed by atoms with Crippen LogP contribution in [0.2, 0.25) is 0 Å². The maximum absolute atomic E-state index is 13.6. The van der Waals surface area contributed by atoms with E-state index in [0.29, 0.717) is 23.9 Å². The zero-order chi connectivity index (χ0) is 62.1. The van der Waals surface area contributed by atoms with E-state index in [0.717, 1.165) is 135 Å². The number of quaternary nitrogens is 1. The minimum atomic E-state index is -4.72. The summed E-state index contributed by atoms with van der Waals surface area (Å²) < 4.78 is 30.4. The van der Waals surface area contributed by atoms with E-state index in [1.54, 1.807) is 0 Å². The van der Waals surface area contributed by atoms with Gasteiger partial charge in [0.2, 0.25) is 5.91 Å². The Morgan fingerprint density at radius 1 is 0.424 bits per heavy atom. The quantitative estimate of drug-likeness (QED) is 0.0212. The van der Waals surface area contributed by atoms with Gasteiger partial charge in [0.1, 0.15) is 19.3 Å². The van der Waals surface area contributed by atoms with Gasteiger partial charge < -0.3 is 28.5 Å². The summed E-state index contributed by atoms with van der Waals surface area (Å²) in [7, 11) is 1.15. The summed E-state index contributed by atoms with van der Waals surface area (Å²) >= 11 is 0. The van der Waals surface area contributed by atoms with Gasteiger partial charge in [-0.3, -0.25) is 14.2 Å². The van der Waals surface area contributed by atoms with E-state index in [-0.39, 0.29) is 24.9 Å². The Morgan fingerprint density at radius 3 is 1.14 bits per heavy atom. The Labute approximate surface area is 524 Å². The van der Waals surface area contributed by atoms with Crippen LogP contribution in [0.15, 0.2) is 134 Å². The average molecular weight is 1200 g/mol. The molecule has 0 aromatic carbocycles. The van der Waals surface area contributed by atoms with Crippen LogP contribution in [0.4, 0.5) is 0 Å². The summed E-state index contributed by atoms with van der Waals surface area (Å²) in [6.07, 6.45) is 90.0. The average Bonchev–Trinajstić information content (AvgIpc) is 3.53. The van der Waals surface area contributed by atoms with Gasteiger partial charge in [0.25, 0.3) is 7.82 Å².